The van der Waals surface area contributed by atoms with Gasteiger partial charge in [0.05, 0.1) is 14.2 Å². The van der Waals surface area contributed by atoms with Gasteiger partial charge in [0.25, 0.3) is 0 Å². The van der Waals surface area contributed by atoms with Crippen LogP contribution in [0.4, 0.5) is 0 Å². The van der Waals surface area contributed by atoms with Crippen molar-refractivity contribution in [3.63, 3.8) is 0 Å². The third kappa shape index (κ3) is 5.03. The fourth-order valence-electron chi connectivity index (χ4n) is 2.65. The monoisotopic (exact) mass is 405 g/mol. The number of hydrogen-bond donors (Lipinski definition) is 0. The highest BCUT2D eigenvalue weighted by Crippen LogP contribution is 2.30. The van der Waals surface area contributed by atoms with E-state index in [2.05, 4.69) is 0 Å². The predicted molar refractivity (Wildman–Crippen MR) is 113 cm³/mol. The third-order valence-corrected chi connectivity index (χ3v) is 5.02. The molecule has 0 atom stereocenters. The highest BCUT2D eigenvalue weighted by molar-refractivity contribution is 7.09. The van der Waals surface area contributed by atoms with Gasteiger partial charge in [-0.25, -0.2) is 0 Å². The lowest BCUT2D eigenvalue weighted by Gasteiger charge is -2.11. The van der Waals surface area contributed by atoms with Crippen LogP contribution in [0.5, 0.6) is 17.2 Å². The molecule has 0 saturated carbocycles. The summed E-state index contributed by atoms with van der Waals surface area (Å²) in [5, 5.41) is 11.5. The molecule has 0 radical (unpaired) electrons. The Balaban J connectivity index is 1.81. The summed E-state index contributed by atoms with van der Waals surface area (Å²) in [6, 6.07) is 17.9. The molecule has 1 aromatic heterocycles. The van der Waals surface area contributed by atoms with Crippen molar-refractivity contribution in [2.24, 2.45) is 0 Å². The summed E-state index contributed by atoms with van der Waals surface area (Å²) in [5.41, 5.74) is 1.12. The van der Waals surface area contributed by atoms with Gasteiger partial charge in [0, 0.05) is 10.4 Å². The normalized spacial score (nSPS) is 10.9. The zero-order valence-corrected chi connectivity index (χ0v) is 16.9. The number of nitrogens with zero attached hydrogens (tertiary/aromatic N) is 1. The van der Waals surface area contributed by atoms with Crippen LogP contribution in [0.2, 0.25) is 0 Å². The van der Waals surface area contributed by atoms with Crippen molar-refractivity contribution in [3.05, 3.63) is 81.6 Å². The van der Waals surface area contributed by atoms with Crippen LogP contribution in [-0.4, -0.2) is 20.0 Å². The molecule has 0 fully saturated rings. The summed E-state index contributed by atoms with van der Waals surface area (Å²) in [6.07, 6.45) is 1.54. The number of ketones is 1. The lowest BCUT2D eigenvalue weighted by atomic mass is 10.0. The van der Waals surface area contributed by atoms with Crippen LogP contribution in [0, 0.1) is 11.3 Å². The van der Waals surface area contributed by atoms with Crippen LogP contribution in [0.3, 0.4) is 0 Å². The van der Waals surface area contributed by atoms with Gasteiger partial charge in [-0.1, -0.05) is 12.1 Å². The molecule has 0 aliphatic carbocycles. The van der Waals surface area contributed by atoms with E-state index < -0.39 is 0 Å². The lowest BCUT2D eigenvalue weighted by Crippen LogP contribution is -2.02. The summed E-state index contributed by atoms with van der Waals surface area (Å²) >= 11 is 1.62. The standard InChI is InChI=1S/C23H19NO4S/c1-26-19-8-6-17(7-9-19)23(25)18(14-24)12-16-5-10-21(22(13-16)27-2)28-15-20-4-3-11-29-20/h3-13H,15H2,1-2H3/b18-12+. The zero-order valence-electron chi connectivity index (χ0n) is 16.0. The molecule has 0 bridgehead atoms. The molecule has 146 valence electrons. The largest absolute Gasteiger partial charge is 0.497 e. The van der Waals surface area contributed by atoms with Crippen molar-refractivity contribution >= 4 is 23.2 Å². The fourth-order valence-corrected chi connectivity index (χ4v) is 3.27. The number of carbonyl (C=O) groups excluding carboxylic acids is 1. The number of carbonyl (C=O) groups is 1. The number of allylic oxidation sites excluding steroid dienone is 1. The molecule has 0 amide bonds. The Kier molecular flexibility index (Phi) is 6.67. The Hall–Kier alpha value is -3.56. The molecule has 2 aromatic carbocycles. The van der Waals surface area contributed by atoms with Gasteiger partial charge < -0.3 is 14.2 Å². The van der Waals surface area contributed by atoms with Crippen LogP contribution in [0.15, 0.2) is 65.6 Å². The highest BCUT2D eigenvalue weighted by Gasteiger charge is 2.13. The molecule has 0 N–H and O–H groups in total. The number of rotatable bonds is 8. The van der Waals surface area contributed by atoms with Crippen molar-refractivity contribution in [1.82, 2.24) is 0 Å². The van der Waals surface area contributed by atoms with E-state index in [1.807, 2.05) is 23.6 Å². The van der Waals surface area contributed by atoms with Gasteiger partial charge in [0.1, 0.15) is 24.0 Å². The summed E-state index contributed by atoms with van der Waals surface area (Å²) in [7, 11) is 3.10. The number of methoxy groups -OCH3 is 2. The third-order valence-electron chi connectivity index (χ3n) is 4.17. The quantitative estimate of drug-likeness (QED) is 0.295. The number of nitriles is 1. The number of benzene rings is 2. The molecule has 0 aliphatic rings. The molecule has 29 heavy (non-hydrogen) atoms. The van der Waals surface area contributed by atoms with Crippen LogP contribution in [-0.2, 0) is 6.61 Å². The van der Waals surface area contributed by atoms with Crippen LogP contribution >= 0.6 is 11.3 Å². The Labute approximate surface area is 173 Å². The Morgan fingerprint density at radius 1 is 1.07 bits per heavy atom. The van der Waals surface area contributed by atoms with E-state index in [0.717, 1.165) is 4.88 Å². The lowest BCUT2D eigenvalue weighted by molar-refractivity contribution is 0.104. The van der Waals surface area contributed by atoms with Crippen LogP contribution in [0.25, 0.3) is 6.08 Å². The average molecular weight is 405 g/mol. The fraction of sp³-hybridized carbons (Fsp3) is 0.130. The number of Topliss-reactive ketones (excluding diaryl/α,β-unsaturated/α-hetero) is 1. The first-order valence-corrected chi connectivity index (χ1v) is 9.66. The topological polar surface area (TPSA) is 68.6 Å². The van der Waals surface area contributed by atoms with Crippen LogP contribution in [0.1, 0.15) is 20.8 Å². The maximum Gasteiger partial charge on any atom is 0.203 e. The molecular formula is C23H19NO4S. The molecule has 0 unspecified atom stereocenters. The maximum absolute atomic E-state index is 12.6. The Morgan fingerprint density at radius 2 is 1.86 bits per heavy atom. The van der Waals surface area contributed by atoms with E-state index in [1.54, 1.807) is 68.0 Å². The zero-order chi connectivity index (χ0) is 20.6. The first-order valence-electron chi connectivity index (χ1n) is 8.78. The van der Waals surface area contributed by atoms with Gasteiger partial charge in [-0.15, -0.1) is 11.3 Å². The van der Waals surface area contributed by atoms with Gasteiger partial charge in [-0.2, -0.15) is 5.26 Å². The van der Waals surface area contributed by atoms with E-state index in [1.165, 1.54) is 6.08 Å². The van der Waals surface area contributed by atoms with Gasteiger partial charge >= 0.3 is 0 Å². The maximum atomic E-state index is 12.6. The first kappa shape index (κ1) is 20.2. The molecule has 6 heteroatoms. The van der Waals surface area contributed by atoms with Gasteiger partial charge in [-0.05, 0) is 59.5 Å². The minimum Gasteiger partial charge on any atom is -0.497 e. The van der Waals surface area contributed by atoms with E-state index in [-0.39, 0.29) is 11.4 Å². The molecule has 1 heterocycles. The van der Waals surface area contributed by atoms with E-state index in [0.29, 0.717) is 35.0 Å². The second-order valence-corrected chi connectivity index (χ2v) is 7.04. The number of ether oxygens (including phenoxy) is 3. The highest BCUT2D eigenvalue weighted by atomic mass is 32.1. The van der Waals surface area contributed by atoms with Crippen molar-refractivity contribution < 1.29 is 19.0 Å². The van der Waals surface area contributed by atoms with E-state index >= 15 is 0 Å². The van der Waals surface area contributed by atoms with Crippen molar-refractivity contribution in [2.45, 2.75) is 6.61 Å². The second-order valence-electron chi connectivity index (χ2n) is 6.01. The van der Waals surface area contributed by atoms with Crippen LogP contribution < -0.4 is 14.2 Å². The molecule has 0 saturated heterocycles. The smallest absolute Gasteiger partial charge is 0.203 e. The van der Waals surface area contributed by atoms with Gasteiger partial charge in [0.15, 0.2) is 11.5 Å². The predicted octanol–water partition coefficient (Wildman–Crippen LogP) is 5.13. The number of thiophene rings is 1. The summed E-state index contributed by atoms with van der Waals surface area (Å²) in [5.74, 6) is 1.42. The summed E-state index contributed by atoms with van der Waals surface area (Å²) in [4.78, 5) is 13.8. The molecular weight excluding hydrogens is 386 g/mol. The average Bonchev–Trinajstić information content (AvgIpc) is 3.29. The SMILES string of the molecule is COc1ccc(C(=O)/C(C#N)=C/c2ccc(OCc3cccs3)c(OC)c2)cc1. The molecule has 5 nitrogen and oxygen atoms in total. The van der Waals surface area contributed by atoms with E-state index in [9.17, 15) is 10.1 Å². The van der Waals surface area contributed by atoms with Crippen molar-refractivity contribution in [1.29, 1.82) is 5.26 Å². The first-order chi connectivity index (χ1) is 14.1. The van der Waals surface area contributed by atoms with Gasteiger partial charge in [0.2, 0.25) is 5.78 Å². The van der Waals surface area contributed by atoms with Crippen molar-refractivity contribution in [3.8, 4) is 23.3 Å². The van der Waals surface area contributed by atoms with E-state index in [4.69, 9.17) is 14.2 Å². The Bertz CT molecular complexity index is 1050. The molecule has 3 aromatic rings. The second kappa shape index (κ2) is 9.58. The molecule has 0 spiro atoms. The Morgan fingerprint density at radius 3 is 2.48 bits per heavy atom. The summed E-state index contributed by atoms with van der Waals surface area (Å²) < 4.78 is 16.3. The van der Waals surface area contributed by atoms with Gasteiger partial charge in [-0.3, -0.25) is 4.79 Å². The van der Waals surface area contributed by atoms with Crippen molar-refractivity contribution in [2.75, 3.05) is 14.2 Å². The minimum absolute atomic E-state index is 0.0319. The number of hydrogen-bond acceptors (Lipinski definition) is 6. The molecule has 3 rings (SSSR count). The minimum atomic E-state index is -0.354. The summed E-state index contributed by atoms with van der Waals surface area (Å²) in [6.45, 7) is 0.447. The molecule has 0 aliphatic heterocycles.